The van der Waals surface area contributed by atoms with E-state index in [1.807, 2.05) is 43.3 Å². The van der Waals surface area contributed by atoms with Gasteiger partial charge in [0.25, 0.3) is 5.56 Å². The van der Waals surface area contributed by atoms with Gasteiger partial charge in [-0.25, -0.2) is 0 Å². The third-order valence-corrected chi connectivity index (χ3v) is 4.66. The van der Waals surface area contributed by atoms with Gasteiger partial charge in [0, 0.05) is 11.6 Å². The molecule has 0 amide bonds. The second kappa shape index (κ2) is 6.61. The maximum atomic E-state index is 12.5. The van der Waals surface area contributed by atoms with Crippen LogP contribution in [0.5, 0.6) is 5.75 Å². The average molecular weight is 365 g/mol. The Bertz CT molecular complexity index is 1190. The fourth-order valence-electron chi connectivity index (χ4n) is 2.47. The number of fused-ring (bicyclic) bond motifs is 1. The molecule has 0 saturated carbocycles. The van der Waals surface area contributed by atoms with Crippen molar-refractivity contribution in [3.05, 3.63) is 75.5 Å². The minimum Gasteiger partial charge on any atom is -0.490 e. The fraction of sp³-hybridized carbons (Fsp3) is 0.105. The van der Waals surface area contributed by atoms with Gasteiger partial charge in [-0.15, -0.1) is 5.10 Å². The number of ether oxygens (including phenoxy) is 1. The molecule has 7 heteroatoms. The van der Waals surface area contributed by atoms with E-state index in [9.17, 15) is 4.79 Å². The minimum absolute atomic E-state index is 0.205. The molecule has 0 aliphatic heterocycles. The summed E-state index contributed by atoms with van der Waals surface area (Å²) >= 11 is 1.28. The summed E-state index contributed by atoms with van der Waals surface area (Å²) in [5.74, 6) is 2.68. The van der Waals surface area contributed by atoms with Gasteiger partial charge in [-0.2, -0.15) is 9.50 Å². The Morgan fingerprint density at radius 1 is 1.27 bits per heavy atom. The summed E-state index contributed by atoms with van der Waals surface area (Å²) in [6, 6.07) is 11.1. The maximum absolute atomic E-state index is 12.5. The predicted molar refractivity (Wildman–Crippen MR) is 100 cm³/mol. The molecule has 6 nitrogen and oxygen atoms in total. The lowest BCUT2D eigenvalue weighted by molar-refractivity contribution is 0.363. The Hall–Kier alpha value is -3.19. The van der Waals surface area contributed by atoms with Crippen LogP contribution < -0.4 is 14.8 Å². The van der Waals surface area contributed by atoms with Gasteiger partial charge in [-0.1, -0.05) is 24.0 Å². The number of rotatable bonds is 5. The number of benzene rings is 1. The molecule has 1 aromatic carbocycles. The molecule has 130 valence electrons. The number of hydrogen-bond donors (Lipinski definition) is 0. The third-order valence-electron chi connectivity index (χ3n) is 3.70. The molecule has 0 unspecified atom stereocenters. The fourth-order valence-corrected chi connectivity index (χ4v) is 3.36. The van der Waals surface area contributed by atoms with Gasteiger partial charge in [0.05, 0.1) is 0 Å². The summed E-state index contributed by atoms with van der Waals surface area (Å²) in [6.07, 6.45) is 3.40. The molecule has 4 aromatic rings. The number of furan rings is 1. The van der Waals surface area contributed by atoms with Crippen molar-refractivity contribution in [1.29, 1.82) is 0 Å². The number of nitrogens with zero attached hydrogens (tertiary/aromatic N) is 3. The van der Waals surface area contributed by atoms with Crippen molar-refractivity contribution in [1.82, 2.24) is 14.6 Å². The van der Waals surface area contributed by atoms with E-state index in [0.717, 1.165) is 17.1 Å². The monoisotopic (exact) mass is 365 g/mol. The molecule has 3 aromatic heterocycles. The summed E-state index contributed by atoms with van der Waals surface area (Å²) in [4.78, 5) is 17.5. The summed E-state index contributed by atoms with van der Waals surface area (Å²) < 4.78 is 12.8. The summed E-state index contributed by atoms with van der Waals surface area (Å²) in [6.45, 7) is 5.93. The van der Waals surface area contributed by atoms with Gasteiger partial charge in [0.15, 0.2) is 5.82 Å². The lowest BCUT2D eigenvalue weighted by Gasteiger charge is -2.02. The average Bonchev–Trinajstić information content (AvgIpc) is 3.32. The van der Waals surface area contributed by atoms with E-state index >= 15 is 0 Å². The highest BCUT2D eigenvalue weighted by Crippen LogP contribution is 2.20. The van der Waals surface area contributed by atoms with E-state index in [0.29, 0.717) is 27.7 Å². The van der Waals surface area contributed by atoms with E-state index in [2.05, 4.69) is 16.7 Å². The van der Waals surface area contributed by atoms with Crippen molar-refractivity contribution in [3.8, 4) is 17.1 Å². The first-order chi connectivity index (χ1) is 12.6. The van der Waals surface area contributed by atoms with Crippen LogP contribution in [0.2, 0.25) is 0 Å². The highest BCUT2D eigenvalue weighted by atomic mass is 32.1. The Balaban J connectivity index is 1.68. The molecule has 0 atom stereocenters. The van der Waals surface area contributed by atoms with Crippen LogP contribution in [0.1, 0.15) is 11.5 Å². The van der Waals surface area contributed by atoms with Crippen molar-refractivity contribution in [2.24, 2.45) is 0 Å². The molecule has 0 saturated heterocycles. The number of hydrogen-bond acceptors (Lipinski definition) is 6. The first kappa shape index (κ1) is 16.3. The summed E-state index contributed by atoms with van der Waals surface area (Å²) in [5, 5.41) is 4.34. The zero-order valence-electron chi connectivity index (χ0n) is 14.0. The topological polar surface area (TPSA) is 69.6 Å². The Morgan fingerprint density at radius 3 is 2.73 bits per heavy atom. The van der Waals surface area contributed by atoms with E-state index < -0.39 is 0 Å². The molecule has 26 heavy (non-hydrogen) atoms. The van der Waals surface area contributed by atoms with Crippen molar-refractivity contribution in [2.45, 2.75) is 6.92 Å². The van der Waals surface area contributed by atoms with Crippen molar-refractivity contribution >= 4 is 22.4 Å². The van der Waals surface area contributed by atoms with Crippen LogP contribution in [0.4, 0.5) is 0 Å². The van der Waals surface area contributed by atoms with Gasteiger partial charge in [0.2, 0.25) is 4.96 Å². The summed E-state index contributed by atoms with van der Waals surface area (Å²) in [7, 11) is 0. The molecule has 0 aliphatic rings. The lowest BCUT2D eigenvalue weighted by atomic mass is 10.2. The smallest absolute Gasteiger partial charge is 0.291 e. The molecule has 0 spiro atoms. The molecule has 3 heterocycles. The van der Waals surface area contributed by atoms with E-state index in [1.54, 1.807) is 12.2 Å². The van der Waals surface area contributed by atoms with E-state index in [1.165, 1.54) is 15.9 Å². The number of aromatic nitrogens is 3. The van der Waals surface area contributed by atoms with Crippen molar-refractivity contribution in [2.75, 3.05) is 6.61 Å². The zero-order chi connectivity index (χ0) is 18.1. The Kier molecular flexibility index (Phi) is 4.14. The van der Waals surface area contributed by atoms with Crippen LogP contribution in [0.3, 0.4) is 0 Å². The van der Waals surface area contributed by atoms with E-state index in [-0.39, 0.29) is 5.56 Å². The van der Waals surface area contributed by atoms with Gasteiger partial charge < -0.3 is 9.15 Å². The maximum Gasteiger partial charge on any atom is 0.291 e. The van der Waals surface area contributed by atoms with Gasteiger partial charge in [-0.05, 0) is 43.3 Å². The van der Waals surface area contributed by atoms with Crippen LogP contribution in [-0.4, -0.2) is 21.2 Å². The first-order valence-electron chi connectivity index (χ1n) is 7.96. The van der Waals surface area contributed by atoms with Crippen LogP contribution in [-0.2, 0) is 0 Å². The zero-order valence-corrected chi connectivity index (χ0v) is 14.8. The first-order valence-corrected chi connectivity index (χ1v) is 8.77. The van der Waals surface area contributed by atoms with Crippen LogP contribution >= 0.6 is 11.3 Å². The van der Waals surface area contributed by atoms with Gasteiger partial charge in [-0.3, -0.25) is 4.79 Å². The molecule has 0 radical (unpaired) electrons. The lowest BCUT2D eigenvalue weighted by Crippen LogP contribution is -2.23. The van der Waals surface area contributed by atoms with Crippen molar-refractivity contribution < 1.29 is 9.15 Å². The Labute approximate surface area is 152 Å². The molecular weight excluding hydrogens is 350 g/mol. The molecule has 0 N–H and O–H groups in total. The van der Waals surface area contributed by atoms with Crippen LogP contribution in [0.25, 0.3) is 22.4 Å². The third kappa shape index (κ3) is 3.04. The van der Waals surface area contributed by atoms with Crippen LogP contribution in [0.15, 0.2) is 58.3 Å². The Morgan fingerprint density at radius 2 is 2.08 bits per heavy atom. The van der Waals surface area contributed by atoms with Crippen LogP contribution in [0, 0.1) is 6.92 Å². The SMILES string of the molecule is C=CCOc1ccc(-c2nc3s/c(=C\c4ccc(C)o4)c(=O)n3n2)cc1. The molecule has 4 rings (SSSR count). The normalized spacial score (nSPS) is 12.0. The van der Waals surface area contributed by atoms with E-state index in [4.69, 9.17) is 9.15 Å². The quantitative estimate of drug-likeness (QED) is 0.509. The molecule has 0 aliphatic carbocycles. The molecule has 0 bridgehead atoms. The molecular formula is C19H15N3O3S. The second-order valence-electron chi connectivity index (χ2n) is 5.62. The number of aryl methyl sites for hydroxylation is 1. The van der Waals surface area contributed by atoms with Crippen molar-refractivity contribution in [3.63, 3.8) is 0 Å². The highest BCUT2D eigenvalue weighted by Gasteiger charge is 2.12. The standard InChI is InChI=1S/C19H15N3O3S/c1-3-10-24-14-8-5-13(6-9-14)17-20-19-22(21-17)18(23)16(26-19)11-15-7-4-12(2)25-15/h3-9,11H,1,10H2,2H3/b16-11-. The number of thiazole rings is 1. The molecule has 0 fully saturated rings. The van der Waals surface area contributed by atoms with Gasteiger partial charge >= 0.3 is 0 Å². The predicted octanol–water partition coefficient (Wildman–Crippen LogP) is 2.83. The second-order valence-corrected chi connectivity index (χ2v) is 6.63. The van der Waals surface area contributed by atoms with Gasteiger partial charge in [0.1, 0.15) is 28.4 Å². The largest absolute Gasteiger partial charge is 0.490 e. The minimum atomic E-state index is -0.205. The summed E-state index contributed by atoms with van der Waals surface area (Å²) in [5.41, 5.74) is 0.613. The highest BCUT2D eigenvalue weighted by molar-refractivity contribution is 7.15.